The summed E-state index contributed by atoms with van der Waals surface area (Å²) in [7, 11) is 1.85. The van der Waals surface area contributed by atoms with Crippen molar-refractivity contribution in [1.82, 2.24) is 10.6 Å². The van der Waals surface area contributed by atoms with Gasteiger partial charge in [0.2, 0.25) is 0 Å². The minimum absolute atomic E-state index is 0. The standard InChI is InChI=1S/C20H30N4.HI/c1-16-5-9-18(10-6-16)23-20(21-2)22-15-17-7-11-19(12-8-17)24-13-3-4-14-24;/h3-4,7-8,11-12,16,18H,5-6,9-10,13-15H2,1-2H3,(H2,21,22,23);1H. The van der Waals surface area contributed by atoms with Gasteiger partial charge in [0.15, 0.2) is 5.96 Å². The summed E-state index contributed by atoms with van der Waals surface area (Å²) in [6.07, 6.45) is 9.58. The molecule has 1 aromatic rings. The van der Waals surface area contributed by atoms with Crippen molar-refractivity contribution in [3.8, 4) is 0 Å². The molecule has 0 saturated heterocycles. The topological polar surface area (TPSA) is 39.7 Å². The van der Waals surface area contributed by atoms with Crippen LogP contribution in [-0.2, 0) is 6.54 Å². The fourth-order valence-corrected chi connectivity index (χ4v) is 3.49. The monoisotopic (exact) mass is 454 g/mol. The van der Waals surface area contributed by atoms with E-state index in [-0.39, 0.29) is 24.0 Å². The van der Waals surface area contributed by atoms with Gasteiger partial charge in [-0.2, -0.15) is 0 Å². The Hall–Kier alpha value is -1.24. The maximum atomic E-state index is 4.37. The number of halogens is 1. The predicted molar refractivity (Wildman–Crippen MR) is 118 cm³/mol. The summed E-state index contributed by atoms with van der Waals surface area (Å²) >= 11 is 0. The van der Waals surface area contributed by atoms with Crippen molar-refractivity contribution >= 4 is 35.6 Å². The van der Waals surface area contributed by atoms with E-state index < -0.39 is 0 Å². The molecule has 0 radical (unpaired) electrons. The first-order valence-corrected chi connectivity index (χ1v) is 9.20. The SMILES string of the molecule is CN=C(NCc1ccc(N2CC=CC2)cc1)NC1CCC(C)CC1.I. The van der Waals surface area contributed by atoms with Crippen molar-refractivity contribution in [2.45, 2.75) is 45.2 Å². The third-order valence-electron chi connectivity index (χ3n) is 5.16. The molecule has 1 heterocycles. The summed E-state index contributed by atoms with van der Waals surface area (Å²) in [5, 5.41) is 7.02. The second-order valence-corrected chi connectivity index (χ2v) is 7.07. The number of hydrogen-bond donors (Lipinski definition) is 2. The Kier molecular flexibility index (Phi) is 8.06. The molecule has 2 N–H and O–H groups in total. The van der Waals surface area contributed by atoms with E-state index in [0.29, 0.717) is 6.04 Å². The predicted octanol–water partition coefficient (Wildman–Crippen LogP) is 3.92. The van der Waals surface area contributed by atoms with Crippen LogP contribution in [-0.4, -0.2) is 32.1 Å². The van der Waals surface area contributed by atoms with Gasteiger partial charge < -0.3 is 15.5 Å². The van der Waals surface area contributed by atoms with Crippen LogP contribution in [0.3, 0.4) is 0 Å². The normalized spacial score (nSPS) is 23.3. The molecule has 0 atom stereocenters. The van der Waals surface area contributed by atoms with Gasteiger partial charge in [-0.25, -0.2) is 0 Å². The molecule has 1 aliphatic carbocycles. The van der Waals surface area contributed by atoms with Gasteiger partial charge in [-0.1, -0.05) is 31.2 Å². The second kappa shape index (κ2) is 10.0. The molecule has 1 aromatic carbocycles. The Morgan fingerprint density at radius 3 is 2.32 bits per heavy atom. The molecule has 1 aliphatic heterocycles. The molecule has 138 valence electrons. The van der Waals surface area contributed by atoms with E-state index in [2.05, 4.69) is 63.9 Å². The van der Waals surface area contributed by atoms with Crippen molar-refractivity contribution in [3.63, 3.8) is 0 Å². The van der Waals surface area contributed by atoms with Crippen molar-refractivity contribution in [3.05, 3.63) is 42.0 Å². The van der Waals surface area contributed by atoms with Gasteiger partial charge >= 0.3 is 0 Å². The number of nitrogens with zero attached hydrogens (tertiary/aromatic N) is 2. The Labute approximate surface area is 169 Å². The van der Waals surface area contributed by atoms with E-state index in [1.807, 2.05) is 7.05 Å². The van der Waals surface area contributed by atoms with Crippen LogP contribution in [0.15, 0.2) is 41.4 Å². The highest BCUT2D eigenvalue weighted by molar-refractivity contribution is 14.0. The summed E-state index contributed by atoms with van der Waals surface area (Å²) in [6, 6.07) is 9.40. The first kappa shape index (κ1) is 20.1. The highest BCUT2D eigenvalue weighted by Crippen LogP contribution is 2.23. The molecule has 0 amide bonds. The quantitative estimate of drug-likeness (QED) is 0.314. The molecule has 25 heavy (non-hydrogen) atoms. The maximum Gasteiger partial charge on any atom is 0.191 e. The third-order valence-corrected chi connectivity index (χ3v) is 5.16. The van der Waals surface area contributed by atoms with Crippen LogP contribution in [0.4, 0.5) is 5.69 Å². The molecule has 0 aromatic heterocycles. The first-order valence-electron chi connectivity index (χ1n) is 9.20. The van der Waals surface area contributed by atoms with E-state index >= 15 is 0 Å². The summed E-state index contributed by atoms with van der Waals surface area (Å²) in [5.74, 6) is 1.80. The van der Waals surface area contributed by atoms with Gasteiger partial charge in [-0.15, -0.1) is 24.0 Å². The van der Waals surface area contributed by atoms with E-state index in [1.165, 1.54) is 36.9 Å². The summed E-state index contributed by atoms with van der Waals surface area (Å²) < 4.78 is 0. The summed E-state index contributed by atoms with van der Waals surface area (Å²) in [4.78, 5) is 6.74. The van der Waals surface area contributed by atoms with Gasteiger partial charge in [-0.05, 0) is 49.3 Å². The second-order valence-electron chi connectivity index (χ2n) is 7.07. The van der Waals surface area contributed by atoms with Crippen molar-refractivity contribution < 1.29 is 0 Å². The van der Waals surface area contributed by atoms with Crippen molar-refractivity contribution in [2.24, 2.45) is 10.9 Å². The fourth-order valence-electron chi connectivity index (χ4n) is 3.49. The van der Waals surface area contributed by atoms with E-state index in [1.54, 1.807) is 0 Å². The summed E-state index contributed by atoms with van der Waals surface area (Å²) in [6.45, 7) is 5.20. The van der Waals surface area contributed by atoms with Crippen molar-refractivity contribution in [1.29, 1.82) is 0 Å². The van der Waals surface area contributed by atoms with Gasteiger partial charge in [0.25, 0.3) is 0 Å². The number of hydrogen-bond acceptors (Lipinski definition) is 2. The van der Waals surface area contributed by atoms with Gasteiger partial charge in [0.05, 0.1) is 0 Å². The highest BCUT2D eigenvalue weighted by Gasteiger charge is 2.18. The lowest BCUT2D eigenvalue weighted by Gasteiger charge is -2.28. The zero-order valence-electron chi connectivity index (χ0n) is 15.4. The highest BCUT2D eigenvalue weighted by atomic mass is 127. The third kappa shape index (κ3) is 5.90. The average Bonchev–Trinajstić information content (AvgIpc) is 3.15. The van der Waals surface area contributed by atoms with E-state index in [9.17, 15) is 0 Å². The zero-order chi connectivity index (χ0) is 16.8. The van der Waals surface area contributed by atoms with Gasteiger partial charge in [-0.3, -0.25) is 4.99 Å². The molecule has 0 spiro atoms. The largest absolute Gasteiger partial charge is 0.364 e. The van der Waals surface area contributed by atoms with Crippen LogP contribution in [0.25, 0.3) is 0 Å². The molecule has 2 aliphatic rings. The average molecular weight is 454 g/mol. The number of nitrogens with one attached hydrogen (secondary N) is 2. The smallest absolute Gasteiger partial charge is 0.191 e. The minimum atomic E-state index is 0. The van der Waals surface area contributed by atoms with Crippen LogP contribution in [0, 0.1) is 5.92 Å². The lowest BCUT2D eigenvalue weighted by molar-refractivity contribution is 0.329. The Bertz CT molecular complexity index is 566. The molecule has 1 saturated carbocycles. The first-order chi connectivity index (χ1) is 11.7. The van der Waals surface area contributed by atoms with Crippen LogP contribution >= 0.6 is 24.0 Å². The van der Waals surface area contributed by atoms with Crippen LogP contribution in [0.5, 0.6) is 0 Å². The van der Waals surface area contributed by atoms with Gasteiger partial charge in [0.1, 0.15) is 0 Å². The molecule has 3 rings (SSSR count). The minimum Gasteiger partial charge on any atom is -0.364 e. The lowest BCUT2D eigenvalue weighted by Crippen LogP contribution is -2.44. The number of anilines is 1. The number of guanidine groups is 1. The Morgan fingerprint density at radius 2 is 1.72 bits per heavy atom. The molecule has 4 nitrogen and oxygen atoms in total. The van der Waals surface area contributed by atoms with Crippen LogP contribution in [0.2, 0.25) is 0 Å². The van der Waals surface area contributed by atoms with Gasteiger partial charge in [0, 0.05) is 38.4 Å². The summed E-state index contributed by atoms with van der Waals surface area (Å²) in [5.41, 5.74) is 2.58. The Morgan fingerprint density at radius 1 is 1.08 bits per heavy atom. The molecule has 1 fully saturated rings. The number of benzene rings is 1. The van der Waals surface area contributed by atoms with Crippen molar-refractivity contribution in [2.75, 3.05) is 25.0 Å². The molecule has 5 heteroatoms. The molecular weight excluding hydrogens is 423 g/mol. The number of aliphatic imine (C=N–C) groups is 1. The molecule has 0 unspecified atom stereocenters. The maximum absolute atomic E-state index is 4.37. The Balaban J connectivity index is 0.00000225. The van der Waals surface area contributed by atoms with Crippen LogP contribution in [0.1, 0.15) is 38.2 Å². The van der Waals surface area contributed by atoms with E-state index in [0.717, 1.165) is 31.5 Å². The fraction of sp³-hybridized carbons (Fsp3) is 0.550. The van der Waals surface area contributed by atoms with E-state index in [4.69, 9.17) is 0 Å². The lowest BCUT2D eigenvalue weighted by atomic mass is 9.87. The zero-order valence-corrected chi connectivity index (χ0v) is 17.7. The molecular formula is C20H31IN4. The van der Waals surface area contributed by atoms with Crippen LogP contribution < -0.4 is 15.5 Å². The molecule has 0 bridgehead atoms. The number of rotatable bonds is 4.